The molecule has 166 valence electrons. The molecule has 0 bridgehead atoms. The minimum absolute atomic E-state index is 0.0500. The minimum atomic E-state index is -4.04. The van der Waals surface area contributed by atoms with E-state index < -0.39 is 20.6 Å². The van der Waals surface area contributed by atoms with Crippen molar-refractivity contribution in [1.82, 2.24) is 9.21 Å². The monoisotopic (exact) mass is 455 g/mol. The molecule has 0 spiro atoms. The van der Waals surface area contributed by atoms with Gasteiger partial charge in [-0.1, -0.05) is 48.5 Å². The van der Waals surface area contributed by atoms with Crippen LogP contribution in [-0.4, -0.2) is 61.2 Å². The van der Waals surface area contributed by atoms with Gasteiger partial charge in [-0.3, -0.25) is 14.9 Å². The quantitative estimate of drug-likeness (QED) is 0.417. The Morgan fingerprint density at radius 2 is 1.59 bits per heavy atom. The summed E-state index contributed by atoms with van der Waals surface area (Å²) in [4.78, 5) is 24.3. The van der Waals surface area contributed by atoms with Gasteiger partial charge < -0.3 is 9.64 Å². The maximum absolute atomic E-state index is 12.9. The first-order valence-corrected chi connectivity index (χ1v) is 11.4. The lowest BCUT2D eigenvalue weighted by molar-refractivity contribution is -0.387. The third-order valence-electron chi connectivity index (χ3n) is 5.37. The summed E-state index contributed by atoms with van der Waals surface area (Å²) < 4.78 is 32.7. The van der Waals surface area contributed by atoms with Gasteiger partial charge in [0.2, 0.25) is 10.0 Å². The van der Waals surface area contributed by atoms with Crippen LogP contribution in [-0.2, 0) is 14.8 Å². The number of amides is 1. The normalized spacial score (nSPS) is 14.9. The maximum atomic E-state index is 12.9. The van der Waals surface area contributed by atoms with E-state index >= 15 is 0 Å². The average Bonchev–Trinajstić information content (AvgIpc) is 2.82. The molecule has 4 rings (SSSR count). The molecule has 0 aliphatic carbocycles. The zero-order valence-electron chi connectivity index (χ0n) is 17.1. The Morgan fingerprint density at radius 1 is 0.938 bits per heavy atom. The van der Waals surface area contributed by atoms with E-state index in [1.54, 1.807) is 6.07 Å². The average molecular weight is 455 g/mol. The fourth-order valence-electron chi connectivity index (χ4n) is 3.70. The molecular formula is C22H21N3O6S. The van der Waals surface area contributed by atoms with E-state index in [4.69, 9.17) is 4.74 Å². The Balaban J connectivity index is 1.39. The highest BCUT2D eigenvalue weighted by atomic mass is 32.2. The molecule has 1 aliphatic heterocycles. The summed E-state index contributed by atoms with van der Waals surface area (Å²) in [5.41, 5.74) is -0.463. The van der Waals surface area contributed by atoms with Crippen LogP contribution in [0.1, 0.15) is 0 Å². The Morgan fingerprint density at radius 3 is 2.34 bits per heavy atom. The second-order valence-corrected chi connectivity index (χ2v) is 9.18. The molecule has 1 heterocycles. The summed E-state index contributed by atoms with van der Waals surface area (Å²) in [7, 11) is -4.04. The molecule has 9 nitrogen and oxygen atoms in total. The topological polar surface area (TPSA) is 110 Å². The third-order valence-corrected chi connectivity index (χ3v) is 7.32. The lowest BCUT2D eigenvalue weighted by Crippen LogP contribution is -2.51. The van der Waals surface area contributed by atoms with Crippen molar-refractivity contribution in [1.29, 1.82) is 0 Å². The molecule has 10 heteroatoms. The van der Waals surface area contributed by atoms with Crippen molar-refractivity contribution < 1.29 is 22.9 Å². The zero-order valence-corrected chi connectivity index (χ0v) is 17.9. The second kappa shape index (κ2) is 8.93. The number of para-hydroxylation sites is 1. The van der Waals surface area contributed by atoms with Gasteiger partial charge in [0.1, 0.15) is 5.75 Å². The van der Waals surface area contributed by atoms with E-state index in [0.717, 1.165) is 16.8 Å². The van der Waals surface area contributed by atoms with Crippen molar-refractivity contribution in [2.45, 2.75) is 4.90 Å². The van der Waals surface area contributed by atoms with Gasteiger partial charge in [0.05, 0.1) is 4.92 Å². The molecule has 0 N–H and O–H groups in total. The largest absolute Gasteiger partial charge is 0.483 e. The summed E-state index contributed by atoms with van der Waals surface area (Å²) in [6.07, 6.45) is 0. The number of fused-ring (bicyclic) bond motifs is 1. The third kappa shape index (κ3) is 4.27. The van der Waals surface area contributed by atoms with Crippen LogP contribution in [0.3, 0.4) is 0 Å². The standard InChI is InChI=1S/C22H21N3O6S/c26-22(16-31-20-10-5-7-17-6-1-2-8-18(17)20)23-12-14-24(15-13-23)32(29,30)21-11-4-3-9-19(21)25(27)28/h1-11H,12-16H2. The van der Waals surface area contributed by atoms with Gasteiger partial charge >= 0.3 is 0 Å². The number of nitro groups is 1. The van der Waals surface area contributed by atoms with Crippen molar-refractivity contribution in [3.8, 4) is 5.75 Å². The smallest absolute Gasteiger partial charge is 0.289 e. The molecule has 1 amide bonds. The molecule has 0 aromatic heterocycles. The molecule has 0 saturated carbocycles. The number of nitro benzene ring substituents is 1. The van der Waals surface area contributed by atoms with E-state index in [0.29, 0.717) is 5.75 Å². The van der Waals surface area contributed by atoms with Crippen molar-refractivity contribution >= 4 is 32.4 Å². The summed E-state index contributed by atoms with van der Waals surface area (Å²) in [6.45, 7) is 0.295. The highest BCUT2D eigenvalue weighted by molar-refractivity contribution is 7.89. The molecule has 0 atom stereocenters. The fraction of sp³-hybridized carbons (Fsp3) is 0.227. The molecule has 1 saturated heterocycles. The second-order valence-electron chi connectivity index (χ2n) is 7.28. The molecule has 1 aliphatic rings. The van der Waals surface area contributed by atoms with Crippen molar-refractivity contribution in [2.75, 3.05) is 32.8 Å². The number of rotatable bonds is 6. The van der Waals surface area contributed by atoms with Gasteiger partial charge in [0.15, 0.2) is 11.5 Å². The molecule has 0 radical (unpaired) electrons. The Labute approximate surface area is 185 Å². The lowest BCUT2D eigenvalue weighted by atomic mass is 10.1. The van der Waals surface area contributed by atoms with Crippen LogP contribution in [0.5, 0.6) is 5.75 Å². The highest BCUT2D eigenvalue weighted by Gasteiger charge is 2.34. The van der Waals surface area contributed by atoms with Crippen molar-refractivity contribution in [3.05, 3.63) is 76.8 Å². The van der Waals surface area contributed by atoms with Crippen LogP contribution in [0.25, 0.3) is 10.8 Å². The lowest BCUT2D eigenvalue weighted by Gasteiger charge is -2.33. The molecule has 3 aromatic carbocycles. The van der Waals surface area contributed by atoms with E-state index in [9.17, 15) is 23.3 Å². The van der Waals surface area contributed by atoms with E-state index in [2.05, 4.69) is 0 Å². The van der Waals surface area contributed by atoms with Crippen LogP contribution in [0.15, 0.2) is 71.6 Å². The summed E-state index contributed by atoms with van der Waals surface area (Å²) >= 11 is 0. The number of nitrogens with zero attached hydrogens (tertiary/aromatic N) is 3. The van der Waals surface area contributed by atoms with E-state index in [1.165, 1.54) is 27.4 Å². The highest BCUT2D eigenvalue weighted by Crippen LogP contribution is 2.27. The van der Waals surface area contributed by atoms with Crippen LogP contribution in [0.4, 0.5) is 5.69 Å². The fourth-order valence-corrected chi connectivity index (χ4v) is 5.27. The minimum Gasteiger partial charge on any atom is -0.483 e. The number of hydrogen-bond acceptors (Lipinski definition) is 6. The summed E-state index contributed by atoms with van der Waals surface area (Å²) in [5.74, 6) is 0.356. The zero-order chi connectivity index (χ0) is 22.7. The Hall–Kier alpha value is -3.50. The number of hydrogen-bond donors (Lipinski definition) is 0. The summed E-state index contributed by atoms with van der Waals surface area (Å²) in [5, 5.41) is 13.1. The number of sulfonamides is 1. The molecule has 0 unspecified atom stereocenters. The summed E-state index contributed by atoms with van der Waals surface area (Å²) in [6, 6.07) is 18.6. The van der Waals surface area contributed by atoms with Crippen LogP contribution >= 0.6 is 0 Å². The van der Waals surface area contributed by atoms with E-state index in [1.807, 2.05) is 36.4 Å². The van der Waals surface area contributed by atoms with E-state index in [-0.39, 0.29) is 43.6 Å². The number of carbonyl (C=O) groups is 1. The maximum Gasteiger partial charge on any atom is 0.289 e. The van der Waals surface area contributed by atoms with Gasteiger partial charge in [-0.05, 0) is 17.5 Å². The van der Waals surface area contributed by atoms with Gasteiger partial charge in [-0.2, -0.15) is 4.31 Å². The molecule has 3 aromatic rings. The number of piperazine rings is 1. The number of ether oxygens (including phenoxy) is 1. The first-order valence-electron chi connectivity index (χ1n) is 10.00. The van der Waals surface area contributed by atoms with Crippen LogP contribution < -0.4 is 4.74 Å². The first-order chi connectivity index (χ1) is 15.4. The Kier molecular flexibility index (Phi) is 6.06. The predicted molar refractivity (Wildman–Crippen MR) is 118 cm³/mol. The number of carbonyl (C=O) groups excluding carboxylic acids is 1. The van der Waals surface area contributed by atoms with Crippen molar-refractivity contribution in [2.24, 2.45) is 0 Å². The molecular weight excluding hydrogens is 434 g/mol. The van der Waals surface area contributed by atoms with Gasteiger partial charge in [-0.15, -0.1) is 0 Å². The molecule has 1 fully saturated rings. The van der Waals surface area contributed by atoms with Crippen molar-refractivity contribution in [3.63, 3.8) is 0 Å². The van der Waals surface area contributed by atoms with Crippen LogP contribution in [0, 0.1) is 10.1 Å². The molecule has 32 heavy (non-hydrogen) atoms. The van der Waals surface area contributed by atoms with Gasteiger partial charge in [0.25, 0.3) is 11.6 Å². The Bertz CT molecular complexity index is 1260. The predicted octanol–water partition coefficient (Wildman–Crippen LogP) is 2.66. The van der Waals surface area contributed by atoms with Crippen LogP contribution in [0.2, 0.25) is 0 Å². The first kappa shape index (κ1) is 21.7. The number of benzene rings is 3. The SMILES string of the molecule is O=C(COc1cccc2ccccc12)N1CCN(S(=O)(=O)c2ccccc2[N+](=O)[O-])CC1. The van der Waals surface area contributed by atoms with Gasteiger partial charge in [0, 0.05) is 37.6 Å². The van der Waals surface area contributed by atoms with Gasteiger partial charge in [-0.25, -0.2) is 8.42 Å².